The third-order valence-corrected chi connectivity index (χ3v) is 1.98. The second-order valence-electron chi connectivity index (χ2n) is 4.97. The lowest BCUT2D eigenvalue weighted by molar-refractivity contribution is -0.122. The average molecular weight is 201 g/mol. The van der Waals surface area contributed by atoms with Crippen LogP contribution in [0.5, 0.6) is 0 Å². The topological polar surface area (TPSA) is 38.3 Å². The minimum absolute atomic E-state index is 0.0633. The number of nitrogens with one attached hydrogen (secondary N) is 1. The fourth-order valence-electron chi connectivity index (χ4n) is 1.36. The van der Waals surface area contributed by atoms with Gasteiger partial charge in [-0.15, -0.1) is 0 Å². The van der Waals surface area contributed by atoms with Crippen LogP contribution in [0.2, 0.25) is 0 Å². The van der Waals surface area contributed by atoms with Crippen LogP contribution in [0.25, 0.3) is 0 Å². The largest absolute Gasteiger partial charge is 0.364 e. The summed E-state index contributed by atoms with van der Waals surface area (Å²) >= 11 is 0. The van der Waals surface area contributed by atoms with E-state index >= 15 is 0 Å². The second-order valence-corrected chi connectivity index (χ2v) is 4.97. The van der Waals surface area contributed by atoms with Crippen LogP contribution in [0.15, 0.2) is 0 Å². The first kappa shape index (κ1) is 13.6. The zero-order chi connectivity index (χ0) is 11.4. The Bertz CT molecular complexity index is 182. The summed E-state index contributed by atoms with van der Waals surface area (Å²) in [5, 5.41) is 3.12. The number of hydrogen-bond donors (Lipinski definition) is 1. The van der Waals surface area contributed by atoms with E-state index in [4.69, 9.17) is 4.74 Å². The van der Waals surface area contributed by atoms with Crippen LogP contribution < -0.4 is 5.32 Å². The summed E-state index contributed by atoms with van der Waals surface area (Å²) in [7, 11) is 0. The summed E-state index contributed by atoms with van der Waals surface area (Å²) in [5.74, 6) is 0.157. The molecule has 0 saturated heterocycles. The van der Waals surface area contributed by atoms with Crippen LogP contribution in [-0.2, 0) is 9.53 Å². The molecule has 0 saturated carbocycles. The number of rotatable bonds is 5. The molecule has 0 amide bonds. The Kier molecular flexibility index (Phi) is 5.31. The van der Waals surface area contributed by atoms with E-state index in [1.807, 2.05) is 34.6 Å². The number of carbonyl (C=O) groups excluding carboxylic acids is 1. The highest BCUT2D eigenvalue weighted by Crippen LogP contribution is 2.19. The zero-order valence-corrected chi connectivity index (χ0v) is 10.2. The monoisotopic (exact) mass is 201 g/mol. The minimum atomic E-state index is -0.138. The zero-order valence-electron chi connectivity index (χ0n) is 10.2. The molecule has 1 atom stereocenters. The molecule has 0 aromatic rings. The van der Waals surface area contributed by atoms with E-state index in [2.05, 4.69) is 5.32 Å². The molecule has 0 spiro atoms. The predicted molar refractivity (Wildman–Crippen MR) is 58.1 cm³/mol. The molecule has 14 heavy (non-hydrogen) atoms. The Morgan fingerprint density at radius 1 is 1.36 bits per heavy atom. The highest BCUT2D eigenvalue weighted by Gasteiger charge is 2.27. The third-order valence-electron chi connectivity index (χ3n) is 1.98. The smallest absolute Gasteiger partial charge is 0.147 e. The maximum Gasteiger partial charge on any atom is 0.147 e. The summed E-state index contributed by atoms with van der Waals surface area (Å²) in [6.07, 6.45) is 0.190. The van der Waals surface area contributed by atoms with Crippen molar-refractivity contribution in [3.05, 3.63) is 0 Å². The van der Waals surface area contributed by atoms with Crippen molar-refractivity contribution in [2.45, 2.75) is 53.7 Å². The minimum Gasteiger partial charge on any atom is -0.364 e. The van der Waals surface area contributed by atoms with E-state index in [0.717, 1.165) is 0 Å². The van der Waals surface area contributed by atoms with Crippen molar-refractivity contribution in [1.29, 1.82) is 0 Å². The van der Waals surface area contributed by atoms with E-state index < -0.39 is 0 Å². The molecule has 0 aliphatic rings. The Balaban J connectivity index is 4.07. The number of ketones is 1. The molecule has 0 fully saturated rings. The molecule has 3 heteroatoms. The van der Waals surface area contributed by atoms with Crippen molar-refractivity contribution in [2.24, 2.45) is 5.41 Å². The second kappa shape index (κ2) is 5.47. The first-order chi connectivity index (χ1) is 6.25. The van der Waals surface area contributed by atoms with Crippen LogP contribution in [0.1, 0.15) is 41.5 Å². The van der Waals surface area contributed by atoms with E-state index in [1.54, 1.807) is 6.92 Å². The van der Waals surface area contributed by atoms with Crippen molar-refractivity contribution in [3.63, 3.8) is 0 Å². The van der Waals surface area contributed by atoms with Crippen LogP contribution in [0.3, 0.4) is 0 Å². The Hall–Kier alpha value is -0.410. The molecule has 1 N–H and O–H groups in total. The summed E-state index contributed by atoms with van der Waals surface area (Å²) in [5.41, 5.74) is -0.0633. The third kappa shape index (κ3) is 5.35. The number of ether oxygens (including phenoxy) is 1. The Morgan fingerprint density at radius 2 is 1.86 bits per heavy atom. The van der Waals surface area contributed by atoms with Crippen molar-refractivity contribution in [2.75, 3.05) is 6.73 Å². The lowest BCUT2D eigenvalue weighted by Gasteiger charge is -2.29. The molecule has 0 aromatic heterocycles. The molecule has 0 heterocycles. The van der Waals surface area contributed by atoms with Gasteiger partial charge in [-0.1, -0.05) is 20.8 Å². The fraction of sp³-hybridized carbons (Fsp3) is 0.909. The van der Waals surface area contributed by atoms with Gasteiger partial charge in [0.2, 0.25) is 0 Å². The molecule has 0 aliphatic carbocycles. The van der Waals surface area contributed by atoms with Crippen molar-refractivity contribution in [1.82, 2.24) is 5.32 Å². The lowest BCUT2D eigenvalue weighted by Crippen LogP contribution is -2.46. The van der Waals surface area contributed by atoms with Crippen molar-refractivity contribution < 1.29 is 9.53 Å². The predicted octanol–water partition coefficient (Wildman–Crippen LogP) is 1.96. The van der Waals surface area contributed by atoms with E-state index in [-0.39, 0.29) is 23.3 Å². The van der Waals surface area contributed by atoms with Gasteiger partial charge in [0.05, 0.1) is 18.9 Å². The molecule has 1 unspecified atom stereocenters. The van der Waals surface area contributed by atoms with Gasteiger partial charge in [-0.3, -0.25) is 10.1 Å². The summed E-state index contributed by atoms with van der Waals surface area (Å²) in [6, 6.07) is -0.138. The van der Waals surface area contributed by atoms with Gasteiger partial charge in [-0.25, -0.2) is 0 Å². The first-order valence-electron chi connectivity index (χ1n) is 5.10. The molecule has 0 radical (unpaired) electrons. The maximum atomic E-state index is 11.3. The van der Waals surface area contributed by atoms with Gasteiger partial charge in [0.25, 0.3) is 0 Å². The number of carbonyl (C=O) groups is 1. The Labute approximate surface area is 87.2 Å². The van der Waals surface area contributed by atoms with Gasteiger partial charge >= 0.3 is 0 Å². The quantitative estimate of drug-likeness (QED) is 0.691. The summed E-state index contributed by atoms with van der Waals surface area (Å²) in [4.78, 5) is 11.3. The van der Waals surface area contributed by atoms with Crippen LogP contribution in [0, 0.1) is 5.41 Å². The molecular weight excluding hydrogens is 178 g/mol. The van der Waals surface area contributed by atoms with Gasteiger partial charge in [0.15, 0.2) is 0 Å². The van der Waals surface area contributed by atoms with Gasteiger partial charge in [0, 0.05) is 0 Å². The van der Waals surface area contributed by atoms with Crippen molar-refractivity contribution >= 4 is 5.78 Å². The molecular formula is C11H23NO2. The number of hydrogen-bond acceptors (Lipinski definition) is 3. The fourth-order valence-corrected chi connectivity index (χ4v) is 1.36. The SMILES string of the molecule is CC(=O)C(NCOC(C)C)C(C)(C)C. The van der Waals surface area contributed by atoms with Crippen LogP contribution >= 0.6 is 0 Å². The summed E-state index contributed by atoms with van der Waals surface area (Å²) < 4.78 is 5.35. The van der Waals surface area contributed by atoms with Gasteiger partial charge < -0.3 is 4.74 Å². The van der Waals surface area contributed by atoms with Gasteiger partial charge in [0.1, 0.15) is 5.78 Å². The molecule has 0 bridgehead atoms. The Morgan fingerprint density at radius 3 is 2.14 bits per heavy atom. The first-order valence-corrected chi connectivity index (χ1v) is 5.10. The normalized spacial score (nSPS) is 14.5. The number of Topliss-reactive ketones (excluding diaryl/α,β-unsaturated/α-hetero) is 1. The highest BCUT2D eigenvalue weighted by molar-refractivity contribution is 5.82. The maximum absolute atomic E-state index is 11.3. The van der Waals surface area contributed by atoms with E-state index in [9.17, 15) is 4.79 Å². The molecule has 3 nitrogen and oxygen atoms in total. The highest BCUT2D eigenvalue weighted by atomic mass is 16.5. The van der Waals surface area contributed by atoms with Crippen LogP contribution in [-0.4, -0.2) is 24.7 Å². The van der Waals surface area contributed by atoms with Gasteiger partial charge in [-0.2, -0.15) is 0 Å². The van der Waals surface area contributed by atoms with E-state index in [0.29, 0.717) is 6.73 Å². The lowest BCUT2D eigenvalue weighted by atomic mass is 9.85. The molecule has 0 aromatic carbocycles. The van der Waals surface area contributed by atoms with Crippen molar-refractivity contribution in [3.8, 4) is 0 Å². The molecule has 0 aliphatic heterocycles. The summed E-state index contributed by atoms with van der Waals surface area (Å²) in [6.45, 7) is 12.1. The average Bonchev–Trinajstić information content (AvgIpc) is 1.94. The van der Waals surface area contributed by atoms with Gasteiger partial charge in [-0.05, 0) is 26.2 Å². The molecule has 84 valence electrons. The standard InChI is InChI=1S/C11H23NO2/c1-8(2)14-7-12-10(9(3)13)11(4,5)6/h8,10,12H,7H2,1-6H3. The van der Waals surface area contributed by atoms with Crippen LogP contribution in [0.4, 0.5) is 0 Å². The van der Waals surface area contributed by atoms with E-state index in [1.165, 1.54) is 0 Å². The molecule has 0 rings (SSSR count).